The second kappa shape index (κ2) is 15.4. The lowest BCUT2D eigenvalue weighted by Crippen LogP contribution is -2.14. The van der Waals surface area contributed by atoms with Gasteiger partial charge in [-0.05, 0) is 103 Å². The molecule has 0 amide bonds. The van der Waals surface area contributed by atoms with Crippen LogP contribution in [0.3, 0.4) is 0 Å². The fraction of sp³-hybridized carbons (Fsp3) is 0.0500. The summed E-state index contributed by atoms with van der Waals surface area (Å²) in [5.41, 5.74) is 14.9. The highest BCUT2D eigenvalue weighted by atomic mass is 15.0. The highest BCUT2D eigenvalue weighted by Gasteiger charge is 2.36. The minimum Gasteiger partial charge on any atom is -0.228 e. The van der Waals surface area contributed by atoms with Crippen LogP contribution in [0.25, 0.3) is 112 Å². The molecule has 0 aliphatic heterocycles. The summed E-state index contributed by atoms with van der Waals surface area (Å²) < 4.78 is 0. The Morgan fingerprint density at radius 2 is 0.646 bits per heavy atom. The van der Waals surface area contributed by atoms with Gasteiger partial charge in [0.1, 0.15) is 0 Å². The second-order valence-electron chi connectivity index (χ2n) is 17.4. The van der Waals surface area contributed by atoms with Crippen molar-refractivity contribution >= 4 is 21.5 Å². The highest BCUT2D eigenvalue weighted by molar-refractivity contribution is 5.99. The first-order valence-corrected chi connectivity index (χ1v) is 22.1. The number of benzene rings is 9. The zero-order valence-corrected chi connectivity index (χ0v) is 35.9. The van der Waals surface area contributed by atoms with Crippen molar-refractivity contribution < 1.29 is 0 Å². The molecular weight excluding hydrogens is 791 g/mol. The van der Waals surface area contributed by atoms with Gasteiger partial charge in [0, 0.05) is 38.8 Å². The van der Waals surface area contributed by atoms with Gasteiger partial charge in [-0.25, -0.2) is 24.9 Å². The molecule has 2 heterocycles. The zero-order chi connectivity index (χ0) is 43.5. The topological polar surface area (TPSA) is 64.5 Å². The summed E-state index contributed by atoms with van der Waals surface area (Å²) >= 11 is 0. The molecule has 65 heavy (non-hydrogen) atoms. The average Bonchev–Trinajstić information content (AvgIpc) is 3.58. The normalized spacial score (nSPS) is 12.6. The average molecular weight is 832 g/mol. The number of hydrogen-bond acceptors (Lipinski definition) is 5. The van der Waals surface area contributed by atoms with Gasteiger partial charge in [0.15, 0.2) is 23.3 Å². The predicted molar refractivity (Wildman–Crippen MR) is 266 cm³/mol. The van der Waals surface area contributed by atoms with Gasteiger partial charge < -0.3 is 0 Å². The third kappa shape index (κ3) is 6.95. The summed E-state index contributed by atoms with van der Waals surface area (Å²) in [4.78, 5) is 25.3. The fourth-order valence-corrected chi connectivity index (χ4v) is 9.42. The van der Waals surface area contributed by atoms with Crippen molar-refractivity contribution in [3.63, 3.8) is 0 Å². The Bertz CT molecular complexity index is 3560. The lowest BCUT2D eigenvalue weighted by atomic mass is 9.81. The van der Waals surface area contributed by atoms with Crippen molar-refractivity contribution in [2.24, 2.45) is 0 Å². The molecule has 0 saturated heterocycles. The van der Waals surface area contributed by atoms with E-state index in [2.05, 4.69) is 147 Å². The number of rotatable bonds is 7. The van der Waals surface area contributed by atoms with Crippen LogP contribution in [-0.2, 0) is 5.41 Å². The highest BCUT2D eigenvalue weighted by Crippen LogP contribution is 2.51. The van der Waals surface area contributed by atoms with Gasteiger partial charge in [0.25, 0.3) is 0 Å². The summed E-state index contributed by atoms with van der Waals surface area (Å²) in [7, 11) is 0. The van der Waals surface area contributed by atoms with Gasteiger partial charge in [-0.2, -0.15) is 0 Å². The van der Waals surface area contributed by atoms with E-state index in [9.17, 15) is 0 Å². The summed E-state index contributed by atoms with van der Waals surface area (Å²) in [5.74, 6) is 2.57. The van der Waals surface area contributed by atoms with Crippen molar-refractivity contribution in [3.8, 4) is 90.3 Å². The molecule has 1 aliphatic carbocycles. The van der Waals surface area contributed by atoms with E-state index < -0.39 is 0 Å². The van der Waals surface area contributed by atoms with E-state index in [1.54, 1.807) is 0 Å². The standard InChI is InChI=1S/C60H41N5/c1-60(2)52-35-44-23-13-12-22-43(44)33-50(52)51-34-45-28-29-47(32-49(45)36-53(51)60)55-37-54(61-56(62-55)38-16-6-3-7-17-38)46-26-14-24-41(30-46)42-25-15-27-48(31-42)59-64-57(39-18-8-4-9-19-39)63-58(65-59)40-20-10-5-11-21-40/h3-37H,1-2H3. The Kier molecular flexibility index (Phi) is 9.09. The molecule has 1 aliphatic rings. The lowest BCUT2D eigenvalue weighted by Gasteiger charge is -2.22. The summed E-state index contributed by atoms with van der Waals surface area (Å²) in [6.07, 6.45) is 0. The molecule has 0 spiro atoms. The molecule has 0 saturated carbocycles. The molecule has 0 N–H and O–H groups in total. The second-order valence-corrected chi connectivity index (χ2v) is 17.4. The molecule has 0 radical (unpaired) electrons. The number of fused-ring (bicyclic) bond motifs is 5. The van der Waals surface area contributed by atoms with Crippen LogP contribution in [-0.4, -0.2) is 24.9 Å². The van der Waals surface area contributed by atoms with E-state index in [0.29, 0.717) is 23.3 Å². The SMILES string of the molecule is CC1(C)c2cc3ccccc3cc2-c2cc3ccc(-c4cc(-c5cccc(-c6cccc(-c7nc(-c8ccccc8)nc(-c8ccccc8)n7)c6)c5)nc(-c5ccccc5)n4)cc3cc21. The summed E-state index contributed by atoms with van der Waals surface area (Å²) in [6, 6.07) is 74.5. The number of hydrogen-bond donors (Lipinski definition) is 0. The van der Waals surface area contributed by atoms with Crippen LogP contribution in [0, 0.1) is 0 Å². The van der Waals surface area contributed by atoms with Crippen molar-refractivity contribution in [1.82, 2.24) is 24.9 Å². The number of aromatic nitrogens is 5. The van der Waals surface area contributed by atoms with Gasteiger partial charge in [-0.1, -0.05) is 178 Å². The van der Waals surface area contributed by atoms with Crippen LogP contribution in [0.15, 0.2) is 212 Å². The maximum atomic E-state index is 5.22. The molecule has 0 unspecified atom stereocenters. The van der Waals surface area contributed by atoms with Crippen LogP contribution >= 0.6 is 0 Å². The quantitative estimate of drug-likeness (QED) is 0.160. The van der Waals surface area contributed by atoms with Crippen molar-refractivity contribution in [2.45, 2.75) is 19.3 Å². The Labute approximate surface area is 377 Å². The van der Waals surface area contributed by atoms with Crippen molar-refractivity contribution in [1.29, 1.82) is 0 Å². The molecule has 5 nitrogen and oxygen atoms in total. The van der Waals surface area contributed by atoms with Gasteiger partial charge in [-0.15, -0.1) is 0 Å². The van der Waals surface area contributed by atoms with E-state index in [-0.39, 0.29) is 5.41 Å². The minimum absolute atomic E-state index is 0.131. The summed E-state index contributed by atoms with van der Waals surface area (Å²) in [6.45, 7) is 4.71. The largest absolute Gasteiger partial charge is 0.228 e. The molecule has 11 aromatic rings. The van der Waals surface area contributed by atoms with Gasteiger partial charge in [0.05, 0.1) is 11.4 Å². The molecule has 0 fully saturated rings. The predicted octanol–water partition coefficient (Wildman–Crippen LogP) is 14.9. The first kappa shape index (κ1) is 38.3. The van der Waals surface area contributed by atoms with E-state index >= 15 is 0 Å². The molecule has 306 valence electrons. The molecule has 0 atom stereocenters. The van der Waals surface area contributed by atoms with E-state index in [1.165, 1.54) is 43.8 Å². The van der Waals surface area contributed by atoms with Gasteiger partial charge in [-0.3, -0.25) is 0 Å². The van der Waals surface area contributed by atoms with E-state index in [4.69, 9.17) is 24.9 Å². The van der Waals surface area contributed by atoms with Gasteiger partial charge in [0.2, 0.25) is 0 Å². The molecule has 9 aromatic carbocycles. The third-order valence-electron chi connectivity index (χ3n) is 12.9. The zero-order valence-electron chi connectivity index (χ0n) is 35.9. The van der Waals surface area contributed by atoms with Crippen LogP contribution in [0.5, 0.6) is 0 Å². The molecule has 12 rings (SSSR count). The van der Waals surface area contributed by atoms with Crippen molar-refractivity contribution in [2.75, 3.05) is 0 Å². The fourth-order valence-electron chi connectivity index (χ4n) is 9.42. The molecule has 2 aromatic heterocycles. The van der Waals surface area contributed by atoms with Crippen LogP contribution in [0.1, 0.15) is 25.0 Å². The Morgan fingerprint density at radius 3 is 1.20 bits per heavy atom. The Balaban J connectivity index is 0.935. The molecule has 5 heteroatoms. The minimum atomic E-state index is -0.131. The third-order valence-corrected chi connectivity index (χ3v) is 12.9. The maximum absolute atomic E-state index is 5.22. The van der Waals surface area contributed by atoms with Crippen molar-refractivity contribution in [3.05, 3.63) is 223 Å². The monoisotopic (exact) mass is 831 g/mol. The van der Waals surface area contributed by atoms with Crippen LogP contribution in [0.2, 0.25) is 0 Å². The molecular formula is C60H41N5. The lowest BCUT2D eigenvalue weighted by molar-refractivity contribution is 0.662. The van der Waals surface area contributed by atoms with Gasteiger partial charge >= 0.3 is 0 Å². The smallest absolute Gasteiger partial charge is 0.164 e. The first-order chi connectivity index (χ1) is 31.9. The Hall–Kier alpha value is -8.41. The Morgan fingerprint density at radius 1 is 0.262 bits per heavy atom. The maximum Gasteiger partial charge on any atom is 0.164 e. The van der Waals surface area contributed by atoms with Crippen LogP contribution < -0.4 is 0 Å². The first-order valence-electron chi connectivity index (χ1n) is 22.1. The number of nitrogens with zero attached hydrogens (tertiary/aromatic N) is 5. The van der Waals surface area contributed by atoms with E-state index in [1.807, 2.05) is 78.9 Å². The van der Waals surface area contributed by atoms with Crippen LogP contribution in [0.4, 0.5) is 0 Å². The van der Waals surface area contributed by atoms with E-state index in [0.717, 1.165) is 55.9 Å². The molecule has 0 bridgehead atoms. The summed E-state index contributed by atoms with van der Waals surface area (Å²) in [5, 5.41) is 4.95.